The second-order valence-corrected chi connectivity index (χ2v) is 2.64. The quantitative estimate of drug-likeness (QED) is 0.564. The third-order valence-electron chi connectivity index (χ3n) is 1.48. The minimum atomic E-state index is 0.375. The number of halogens is 1. The highest BCUT2D eigenvalue weighted by atomic mass is 35.5. The fourth-order valence-corrected chi connectivity index (χ4v) is 1.01. The Bertz CT molecular complexity index is 312. The highest BCUT2D eigenvalue weighted by molar-refractivity contribution is 6.33. The number of nitrogens with two attached hydrogens (primary N) is 1. The van der Waals surface area contributed by atoms with Crippen LogP contribution in [-0.4, -0.2) is 13.4 Å². The first kappa shape index (κ1) is 8.87. The summed E-state index contributed by atoms with van der Waals surface area (Å²) in [6.07, 6.45) is 0.672. The SMILES string of the molecule is COc1cc(Cl)c(N)cc1C=O. The van der Waals surface area contributed by atoms with Crippen LogP contribution in [0.4, 0.5) is 5.69 Å². The van der Waals surface area contributed by atoms with Gasteiger partial charge in [0.25, 0.3) is 0 Å². The topological polar surface area (TPSA) is 52.3 Å². The minimum absolute atomic E-state index is 0.375. The van der Waals surface area contributed by atoms with Gasteiger partial charge in [-0.25, -0.2) is 0 Å². The number of hydrogen-bond donors (Lipinski definition) is 1. The average molecular weight is 186 g/mol. The van der Waals surface area contributed by atoms with Crippen LogP contribution < -0.4 is 10.5 Å². The highest BCUT2D eigenvalue weighted by Crippen LogP contribution is 2.27. The average Bonchev–Trinajstić information content (AvgIpc) is 2.09. The fraction of sp³-hybridized carbons (Fsp3) is 0.125. The van der Waals surface area contributed by atoms with Crippen molar-refractivity contribution in [2.24, 2.45) is 0 Å². The third-order valence-corrected chi connectivity index (χ3v) is 1.80. The molecule has 0 atom stereocenters. The van der Waals surface area contributed by atoms with E-state index in [2.05, 4.69) is 0 Å². The predicted molar refractivity (Wildman–Crippen MR) is 47.8 cm³/mol. The van der Waals surface area contributed by atoms with E-state index in [4.69, 9.17) is 22.1 Å². The summed E-state index contributed by atoms with van der Waals surface area (Å²) in [5, 5.41) is 0.387. The van der Waals surface area contributed by atoms with Crippen molar-refractivity contribution in [2.75, 3.05) is 12.8 Å². The Hall–Kier alpha value is -1.22. The van der Waals surface area contributed by atoms with Gasteiger partial charge in [0.2, 0.25) is 0 Å². The molecule has 0 aromatic heterocycles. The van der Waals surface area contributed by atoms with Crippen molar-refractivity contribution < 1.29 is 9.53 Å². The molecule has 0 heterocycles. The molecule has 1 aromatic rings. The van der Waals surface area contributed by atoms with E-state index in [-0.39, 0.29) is 0 Å². The number of hydrogen-bond acceptors (Lipinski definition) is 3. The normalized spacial score (nSPS) is 9.50. The Kier molecular flexibility index (Phi) is 2.55. The Labute approximate surface area is 75.1 Å². The zero-order valence-corrected chi connectivity index (χ0v) is 7.26. The van der Waals surface area contributed by atoms with E-state index in [1.165, 1.54) is 19.2 Å². The van der Waals surface area contributed by atoms with E-state index in [1.807, 2.05) is 0 Å². The molecule has 0 radical (unpaired) electrons. The molecule has 12 heavy (non-hydrogen) atoms. The van der Waals surface area contributed by atoms with Crippen molar-refractivity contribution in [3.63, 3.8) is 0 Å². The maximum Gasteiger partial charge on any atom is 0.153 e. The lowest BCUT2D eigenvalue weighted by molar-refractivity contribution is 0.112. The van der Waals surface area contributed by atoms with Crippen molar-refractivity contribution in [1.29, 1.82) is 0 Å². The molecule has 0 spiro atoms. The molecule has 0 saturated heterocycles. The third kappa shape index (κ3) is 1.51. The van der Waals surface area contributed by atoms with Gasteiger partial charge in [-0.05, 0) is 6.07 Å². The van der Waals surface area contributed by atoms with Gasteiger partial charge in [-0.3, -0.25) is 4.79 Å². The molecule has 0 aliphatic heterocycles. The van der Waals surface area contributed by atoms with Gasteiger partial charge in [0, 0.05) is 6.07 Å². The van der Waals surface area contributed by atoms with E-state index < -0.39 is 0 Å². The van der Waals surface area contributed by atoms with Crippen LogP contribution in [0.15, 0.2) is 12.1 Å². The summed E-state index contributed by atoms with van der Waals surface area (Å²) < 4.78 is 4.90. The lowest BCUT2D eigenvalue weighted by Gasteiger charge is -2.05. The first-order valence-electron chi connectivity index (χ1n) is 3.27. The Morgan fingerprint density at radius 2 is 2.25 bits per heavy atom. The molecule has 0 saturated carbocycles. The second kappa shape index (κ2) is 3.45. The van der Waals surface area contributed by atoms with Crippen molar-refractivity contribution >= 4 is 23.6 Å². The van der Waals surface area contributed by atoms with Gasteiger partial charge in [-0.2, -0.15) is 0 Å². The van der Waals surface area contributed by atoms with Gasteiger partial charge in [-0.15, -0.1) is 0 Å². The standard InChI is InChI=1S/C8H8ClNO2/c1-12-8-3-6(9)7(10)2-5(8)4-11/h2-4H,10H2,1H3. The summed E-state index contributed by atoms with van der Waals surface area (Å²) >= 11 is 5.70. The van der Waals surface area contributed by atoms with Crippen molar-refractivity contribution in [2.45, 2.75) is 0 Å². The summed E-state index contributed by atoms with van der Waals surface area (Å²) in [5.41, 5.74) is 6.25. The van der Waals surface area contributed by atoms with Crippen LogP contribution in [0, 0.1) is 0 Å². The van der Waals surface area contributed by atoms with Crippen LogP contribution in [0.1, 0.15) is 10.4 Å². The van der Waals surface area contributed by atoms with E-state index in [0.717, 1.165) is 0 Å². The Balaban J connectivity index is 3.28. The van der Waals surface area contributed by atoms with E-state index >= 15 is 0 Å². The molecule has 4 heteroatoms. The van der Waals surface area contributed by atoms with Gasteiger partial charge in [0.1, 0.15) is 5.75 Å². The molecule has 0 aliphatic carbocycles. The monoisotopic (exact) mass is 185 g/mol. The summed E-state index contributed by atoms with van der Waals surface area (Å²) in [7, 11) is 1.47. The first-order chi connectivity index (χ1) is 5.69. The number of aldehydes is 1. The number of carbonyl (C=O) groups is 1. The number of rotatable bonds is 2. The second-order valence-electron chi connectivity index (χ2n) is 2.23. The van der Waals surface area contributed by atoms with Crippen molar-refractivity contribution in [3.05, 3.63) is 22.7 Å². The van der Waals surface area contributed by atoms with E-state index in [9.17, 15) is 4.79 Å². The van der Waals surface area contributed by atoms with Crippen LogP contribution in [0.3, 0.4) is 0 Å². The maximum absolute atomic E-state index is 10.5. The lowest BCUT2D eigenvalue weighted by atomic mass is 10.2. The molecule has 64 valence electrons. The van der Waals surface area contributed by atoms with Gasteiger partial charge >= 0.3 is 0 Å². The van der Waals surface area contributed by atoms with Gasteiger partial charge in [0.15, 0.2) is 6.29 Å². The summed E-state index contributed by atoms with van der Waals surface area (Å²) in [5.74, 6) is 0.434. The summed E-state index contributed by atoms with van der Waals surface area (Å²) in [4.78, 5) is 10.5. The molecule has 0 amide bonds. The molecule has 0 aliphatic rings. The fourth-order valence-electron chi connectivity index (χ4n) is 0.858. The largest absolute Gasteiger partial charge is 0.496 e. The molecular formula is C8H8ClNO2. The molecule has 1 aromatic carbocycles. The van der Waals surface area contributed by atoms with E-state index in [0.29, 0.717) is 28.3 Å². The Morgan fingerprint density at radius 3 is 2.75 bits per heavy atom. The molecule has 2 N–H and O–H groups in total. The molecule has 3 nitrogen and oxygen atoms in total. The van der Waals surface area contributed by atoms with Crippen LogP contribution >= 0.6 is 11.6 Å². The number of methoxy groups -OCH3 is 1. The molecular weight excluding hydrogens is 178 g/mol. The van der Waals surface area contributed by atoms with Crippen LogP contribution in [0.25, 0.3) is 0 Å². The number of carbonyl (C=O) groups excluding carboxylic acids is 1. The first-order valence-corrected chi connectivity index (χ1v) is 3.65. The van der Waals surface area contributed by atoms with Crippen molar-refractivity contribution in [1.82, 2.24) is 0 Å². The summed E-state index contributed by atoms with van der Waals surface area (Å²) in [6, 6.07) is 2.99. The van der Waals surface area contributed by atoms with Gasteiger partial charge in [-0.1, -0.05) is 11.6 Å². The number of ether oxygens (including phenoxy) is 1. The van der Waals surface area contributed by atoms with Crippen LogP contribution in [-0.2, 0) is 0 Å². The van der Waals surface area contributed by atoms with Gasteiger partial charge in [0.05, 0.1) is 23.4 Å². The zero-order chi connectivity index (χ0) is 9.14. The Morgan fingerprint density at radius 1 is 1.58 bits per heavy atom. The molecule has 0 unspecified atom stereocenters. The van der Waals surface area contributed by atoms with Crippen molar-refractivity contribution in [3.8, 4) is 5.75 Å². The van der Waals surface area contributed by atoms with Crippen LogP contribution in [0.5, 0.6) is 5.75 Å². The predicted octanol–water partition coefficient (Wildman–Crippen LogP) is 1.74. The number of anilines is 1. The smallest absolute Gasteiger partial charge is 0.153 e. The van der Waals surface area contributed by atoms with Gasteiger partial charge < -0.3 is 10.5 Å². The minimum Gasteiger partial charge on any atom is -0.496 e. The summed E-state index contributed by atoms with van der Waals surface area (Å²) in [6.45, 7) is 0. The number of nitrogen functional groups attached to an aromatic ring is 1. The van der Waals surface area contributed by atoms with E-state index in [1.54, 1.807) is 0 Å². The molecule has 0 fully saturated rings. The highest BCUT2D eigenvalue weighted by Gasteiger charge is 2.05. The lowest BCUT2D eigenvalue weighted by Crippen LogP contribution is -1.94. The maximum atomic E-state index is 10.5. The zero-order valence-electron chi connectivity index (χ0n) is 6.50. The number of benzene rings is 1. The van der Waals surface area contributed by atoms with Crippen LogP contribution in [0.2, 0.25) is 5.02 Å². The molecule has 0 bridgehead atoms. The molecule has 1 rings (SSSR count).